The highest BCUT2D eigenvalue weighted by Crippen LogP contribution is 2.04. The van der Waals surface area contributed by atoms with Crippen LogP contribution in [0.25, 0.3) is 0 Å². The second kappa shape index (κ2) is 15.8. The molecule has 14 nitrogen and oxygen atoms in total. The van der Waals surface area contributed by atoms with Crippen molar-refractivity contribution in [3.8, 4) is 0 Å². The van der Waals surface area contributed by atoms with E-state index in [9.17, 15) is 33.9 Å². The van der Waals surface area contributed by atoms with Crippen molar-refractivity contribution >= 4 is 47.3 Å². The Morgan fingerprint density at radius 2 is 1.33 bits per heavy atom. The van der Waals surface area contributed by atoms with Gasteiger partial charge in [0.25, 0.3) is 0 Å². The Hall–Kier alpha value is -2.91. The van der Waals surface area contributed by atoms with Crippen LogP contribution in [0, 0.1) is 0 Å². The molecule has 0 radical (unpaired) electrons. The molecule has 0 bridgehead atoms. The van der Waals surface area contributed by atoms with E-state index in [0.717, 1.165) is 0 Å². The molecule has 0 rings (SSSR count). The molecule has 0 aromatic rings. The number of carboxylic acid groups (broad SMARTS) is 2. The Balaban J connectivity index is 5.26. The molecule has 10 N–H and O–H groups in total. The number of thioether (sulfide) groups is 1. The smallest absolute Gasteiger partial charge is 0.326 e. The molecule has 0 spiro atoms. The van der Waals surface area contributed by atoms with Gasteiger partial charge in [0.15, 0.2) is 0 Å². The van der Waals surface area contributed by atoms with Crippen molar-refractivity contribution in [2.24, 2.45) is 11.5 Å². The summed E-state index contributed by atoms with van der Waals surface area (Å²) >= 11 is 1.46. The number of hydrogen-bond donors (Lipinski definition) is 8. The van der Waals surface area contributed by atoms with E-state index in [1.165, 1.54) is 11.8 Å². The third-order valence-corrected chi connectivity index (χ3v) is 5.00. The molecule has 33 heavy (non-hydrogen) atoms. The number of rotatable bonds is 17. The molecule has 0 heterocycles. The van der Waals surface area contributed by atoms with Crippen molar-refractivity contribution in [3.63, 3.8) is 0 Å². The molecular weight excluding hydrogens is 462 g/mol. The normalized spacial score (nSPS) is 14.3. The lowest BCUT2D eigenvalue weighted by Crippen LogP contribution is -2.58. The molecule has 4 unspecified atom stereocenters. The minimum atomic E-state index is -1.61. The van der Waals surface area contributed by atoms with Crippen LogP contribution in [0.5, 0.6) is 0 Å². The lowest BCUT2D eigenvalue weighted by Gasteiger charge is -2.24. The maximum absolute atomic E-state index is 12.6. The standard InChI is InChI=1S/C18H31N5O9S/c1-33-7-6-9(19)15(28)21-10(3-5-14(26)27)16(29)23-12(8-24)17(30)22-11(18(31)32)2-4-13(20)25/h9-12,24H,2-8,19H2,1H3,(H2,20,25)(H,21,28)(H,22,30)(H,23,29)(H,26,27)(H,31,32). The van der Waals surface area contributed by atoms with E-state index in [4.69, 9.17) is 21.7 Å². The third kappa shape index (κ3) is 12.6. The highest BCUT2D eigenvalue weighted by molar-refractivity contribution is 7.98. The molecule has 0 aromatic heterocycles. The lowest BCUT2D eigenvalue weighted by molar-refractivity contribution is -0.143. The molecule has 0 aromatic carbocycles. The van der Waals surface area contributed by atoms with Crippen molar-refractivity contribution < 1.29 is 44.1 Å². The zero-order valence-corrected chi connectivity index (χ0v) is 18.9. The van der Waals surface area contributed by atoms with Crippen LogP contribution in [0.1, 0.15) is 32.1 Å². The minimum absolute atomic E-state index is 0.309. The molecule has 15 heteroatoms. The summed E-state index contributed by atoms with van der Waals surface area (Å²) in [5.74, 6) is -5.63. The van der Waals surface area contributed by atoms with E-state index in [0.29, 0.717) is 12.2 Å². The monoisotopic (exact) mass is 493 g/mol. The fraction of sp³-hybridized carbons (Fsp3) is 0.667. The molecule has 0 aliphatic heterocycles. The van der Waals surface area contributed by atoms with Crippen molar-refractivity contribution in [1.82, 2.24) is 16.0 Å². The molecule has 0 saturated carbocycles. The van der Waals surface area contributed by atoms with Gasteiger partial charge in [-0.3, -0.25) is 24.0 Å². The molecule has 0 saturated heterocycles. The largest absolute Gasteiger partial charge is 0.481 e. The van der Waals surface area contributed by atoms with Crippen LogP contribution in [-0.4, -0.2) is 93.7 Å². The fourth-order valence-corrected chi connectivity index (χ4v) is 2.96. The summed E-state index contributed by atoms with van der Waals surface area (Å²) in [4.78, 5) is 70.2. The first-order chi connectivity index (χ1) is 15.4. The van der Waals surface area contributed by atoms with E-state index in [2.05, 4.69) is 16.0 Å². The zero-order valence-electron chi connectivity index (χ0n) is 18.1. The van der Waals surface area contributed by atoms with Gasteiger partial charge in [0.05, 0.1) is 12.6 Å². The van der Waals surface area contributed by atoms with Crippen molar-refractivity contribution in [2.75, 3.05) is 18.6 Å². The van der Waals surface area contributed by atoms with Crippen LogP contribution in [0.2, 0.25) is 0 Å². The first-order valence-electron chi connectivity index (χ1n) is 9.92. The lowest BCUT2D eigenvalue weighted by atomic mass is 10.1. The predicted octanol–water partition coefficient (Wildman–Crippen LogP) is -3.27. The van der Waals surface area contributed by atoms with Gasteiger partial charge in [-0.2, -0.15) is 11.8 Å². The zero-order chi connectivity index (χ0) is 25.6. The average molecular weight is 494 g/mol. The van der Waals surface area contributed by atoms with Crippen LogP contribution in [-0.2, 0) is 28.8 Å². The Kier molecular flexibility index (Phi) is 14.4. The first-order valence-corrected chi connectivity index (χ1v) is 11.3. The number of carbonyl (C=O) groups is 6. The molecule has 188 valence electrons. The number of nitrogens with two attached hydrogens (primary N) is 2. The van der Waals surface area contributed by atoms with Gasteiger partial charge in [-0.15, -0.1) is 0 Å². The number of aliphatic hydroxyl groups excluding tert-OH is 1. The Morgan fingerprint density at radius 1 is 0.818 bits per heavy atom. The fourth-order valence-electron chi connectivity index (χ4n) is 2.47. The molecule has 0 fully saturated rings. The van der Waals surface area contributed by atoms with Crippen molar-refractivity contribution in [2.45, 2.75) is 56.3 Å². The van der Waals surface area contributed by atoms with Crippen LogP contribution < -0.4 is 27.4 Å². The minimum Gasteiger partial charge on any atom is -0.481 e. The summed E-state index contributed by atoms with van der Waals surface area (Å²) in [6, 6.07) is -5.44. The second-order valence-electron chi connectivity index (χ2n) is 7.03. The van der Waals surface area contributed by atoms with Crippen molar-refractivity contribution in [3.05, 3.63) is 0 Å². The molecular formula is C18H31N5O9S. The van der Waals surface area contributed by atoms with Crippen LogP contribution >= 0.6 is 11.8 Å². The maximum atomic E-state index is 12.6. The van der Waals surface area contributed by atoms with Gasteiger partial charge in [0, 0.05) is 12.8 Å². The van der Waals surface area contributed by atoms with Gasteiger partial charge < -0.3 is 42.7 Å². The second-order valence-corrected chi connectivity index (χ2v) is 8.02. The quantitative estimate of drug-likeness (QED) is 0.0997. The summed E-state index contributed by atoms with van der Waals surface area (Å²) < 4.78 is 0. The van der Waals surface area contributed by atoms with Gasteiger partial charge >= 0.3 is 11.9 Å². The summed E-state index contributed by atoms with van der Waals surface area (Å²) in [5.41, 5.74) is 10.7. The average Bonchev–Trinajstić information content (AvgIpc) is 2.74. The molecule has 4 amide bonds. The van der Waals surface area contributed by atoms with Gasteiger partial charge in [-0.1, -0.05) is 0 Å². The number of aliphatic carboxylic acids is 2. The Bertz CT molecular complexity index is 721. The maximum Gasteiger partial charge on any atom is 0.326 e. The number of carbonyl (C=O) groups excluding carboxylic acids is 4. The molecule has 0 aliphatic carbocycles. The van der Waals surface area contributed by atoms with Crippen LogP contribution in [0.15, 0.2) is 0 Å². The number of carboxylic acids is 2. The summed E-state index contributed by atoms with van der Waals surface area (Å²) in [5, 5.41) is 34.1. The first kappa shape index (κ1) is 30.1. The van der Waals surface area contributed by atoms with E-state index >= 15 is 0 Å². The highest BCUT2D eigenvalue weighted by Gasteiger charge is 2.30. The van der Waals surface area contributed by atoms with Gasteiger partial charge in [-0.05, 0) is 31.3 Å². The van der Waals surface area contributed by atoms with E-state index < -0.39 is 72.8 Å². The SMILES string of the molecule is CSCCC(N)C(=O)NC(CCC(=O)O)C(=O)NC(CO)C(=O)NC(CCC(N)=O)C(=O)O. The van der Waals surface area contributed by atoms with Crippen molar-refractivity contribution in [1.29, 1.82) is 0 Å². The predicted molar refractivity (Wildman–Crippen MR) is 117 cm³/mol. The van der Waals surface area contributed by atoms with Crippen LogP contribution in [0.4, 0.5) is 0 Å². The third-order valence-electron chi connectivity index (χ3n) is 4.36. The summed E-state index contributed by atoms with van der Waals surface area (Å²) in [7, 11) is 0. The highest BCUT2D eigenvalue weighted by atomic mass is 32.2. The number of amides is 4. The van der Waals surface area contributed by atoms with Gasteiger partial charge in [-0.25, -0.2) is 4.79 Å². The van der Waals surface area contributed by atoms with Crippen LogP contribution in [0.3, 0.4) is 0 Å². The van der Waals surface area contributed by atoms with Gasteiger partial charge in [0.2, 0.25) is 23.6 Å². The molecule has 0 aliphatic rings. The number of aliphatic hydroxyl groups is 1. The Labute approximate surface area is 194 Å². The summed E-state index contributed by atoms with van der Waals surface area (Å²) in [6.45, 7) is -0.924. The Morgan fingerprint density at radius 3 is 1.82 bits per heavy atom. The van der Waals surface area contributed by atoms with E-state index in [-0.39, 0.29) is 19.3 Å². The number of primary amides is 1. The van der Waals surface area contributed by atoms with E-state index in [1.54, 1.807) is 0 Å². The van der Waals surface area contributed by atoms with Gasteiger partial charge in [0.1, 0.15) is 18.1 Å². The molecule has 4 atom stereocenters. The number of nitrogens with one attached hydrogen (secondary N) is 3. The topological polar surface area (TPSA) is 251 Å². The number of hydrogen-bond acceptors (Lipinski definition) is 9. The summed E-state index contributed by atoms with van der Waals surface area (Å²) in [6.07, 6.45) is 0.683. The van der Waals surface area contributed by atoms with E-state index in [1.807, 2.05) is 6.26 Å².